The molecule has 0 aliphatic rings. The number of rotatable bonds is 6. The van der Waals surface area contributed by atoms with E-state index in [0.29, 0.717) is 17.4 Å². The van der Waals surface area contributed by atoms with Gasteiger partial charge >= 0.3 is 5.97 Å². The van der Waals surface area contributed by atoms with Crippen molar-refractivity contribution in [1.82, 2.24) is 5.09 Å². The molecule has 0 radical (unpaired) electrons. The molecule has 0 aliphatic carbocycles. The molecule has 1 rings (SSSR count). The van der Waals surface area contributed by atoms with Gasteiger partial charge in [0, 0.05) is 5.02 Å². The molecular formula is C13H18Cl2NO3PS. The summed E-state index contributed by atoms with van der Waals surface area (Å²) in [6.07, 6.45) is 0. The standard InChI is InChI=1S/C13H18Cl2NO3PS/c1-13(2,3)9-18-12(17)8-16-20(15,21)19-11-6-4-10(14)5-7-11/h4-7H,8-9H2,1-3H3,(H,16,21). The zero-order valence-corrected chi connectivity index (χ0v) is 15.3. The van der Waals surface area contributed by atoms with Gasteiger partial charge in [-0.3, -0.25) is 4.79 Å². The van der Waals surface area contributed by atoms with Crippen LogP contribution in [0.25, 0.3) is 0 Å². The van der Waals surface area contributed by atoms with Crippen LogP contribution >= 0.6 is 28.6 Å². The Balaban J connectivity index is 2.44. The first-order valence-corrected chi connectivity index (χ1v) is 10.2. The summed E-state index contributed by atoms with van der Waals surface area (Å²) in [5.74, 6) is -2.76. The van der Waals surface area contributed by atoms with Gasteiger partial charge in [-0.25, -0.2) is 5.09 Å². The van der Waals surface area contributed by atoms with Crippen molar-refractivity contribution in [3.05, 3.63) is 29.3 Å². The van der Waals surface area contributed by atoms with E-state index >= 15 is 0 Å². The van der Waals surface area contributed by atoms with Crippen molar-refractivity contribution in [2.75, 3.05) is 13.2 Å². The highest BCUT2D eigenvalue weighted by atomic mass is 35.7. The second-order valence-electron chi connectivity index (χ2n) is 5.58. The van der Waals surface area contributed by atoms with Gasteiger partial charge in [-0.2, -0.15) is 0 Å². The predicted molar refractivity (Wildman–Crippen MR) is 90.6 cm³/mol. The van der Waals surface area contributed by atoms with Gasteiger partial charge in [0.1, 0.15) is 12.3 Å². The second-order valence-corrected chi connectivity index (χ2v) is 11.0. The molecule has 0 aromatic heterocycles. The van der Waals surface area contributed by atoms with Gasteiger partial charge in [0.25, 0.3) is 5.77 Å². The molecule has 118 valence electrons. The van der Waals surface area contributed by atoms with Crippen molar-refractivity contribution >= 4 is 46.4 Å². The van der Waals surface area contributed by atoms with Gasteiger partial charge in [-0.1, -0.05) is 32.4 Å². The molecule has 0 spiro atoms. The van der Waals surface area contributed by atoms with Crippen LogP contribution in [-0.2, 0) is 21.3 Å². The number of nitrogens with one attached hydrogen (secondary N) is 1. The van der Waals surface area contributed by atoms with Crippen LogP contribution in [0.5, 0.6) is 5.75 Å². The van der Waals surface area contributed by atoms with E-state index < -0.39 is 11.7 Å². The highest BCUT2D eigenvalue weighted by molar-refractivity contribution is 8.23. The number of carbonyl (C=O) groups is 1. The largest absolute Gasteiger partial charge is 0.464 e. The van der Waals surface area contributed by atoms with E-state index in [1.807, 2.05) is 20.8 Å². The molecule has 0 saturated heterocycles. The normalized spacial score (nSPS) is 14.3. The minimum atomic E-state index is -2.84. The Morgan fingerprint density at radius 2 is 1.90 bits per heavy atom. The minimum absolute atomic E-state index is 0.0867. The molecule has 8 heteroatoms. The third-order valence-electron chi connectivity index (χ3n) is 2.11. The van der Waals surface area contributed by atoms with Crippen molar-refractivity contribution in [1.29, 1.82) is 0 Å². The SMILES string of the molecule is CC(C)(C)COC(=O)CNP(=S)(Cl)Oc1ccc(Cl)cc1. The fourth-order valence-corrected chi connectivity index (χ4v) is 2.94. The van der Waals surface area contributed by atoms with Crippen LogP contribution in [0, 0.1) is 5.41 Å². The van der Waals surface area contributed by atoms with Crippen molar-refractivity contribution in [2.45, 2.75) is 20.8 Å². The van der Waals surface area contributed by atoms with Crippen molar-refractivity contribution in [3.63, 3.8) is 0 Å². The van der Waals surface area contributed by atoms with Gasteiger partial charge in [0.15, 0.2) is 0 Å². The number of benzene rings is 1. The Bertz CT molecular complexity index is 531. The molecule has 0 bridgehead atoms. The Hall–Kier alpha value is -0.320. The summed E-state index contributed by atoms with van der Waals surface area (Å²) in [7, 11) is 0. The van der Waals surface area contributed by atoms with E-state index in [2.05, 4.69) is 5.09 Å². The molecule has 0 heterocycles. The van der Waals surface area contributed by atoms with Gasteiger partial charge in [0.2, 0.25) is 0 Å². The maximum Gasteiger partial charge on any atom is 0.320 e. The fourth-order valence-electron chi connectivity index (χ4n) is 1.17. The highest BCUT2D eigenvalue weighted by Crippen LogP contribution is 2.48. The lowest BCUT2D eigenvalue weighted by Gasteiger charge is -2.19. The topological polar surface area (TPSA) is 47.6 Å². The van der Waals surface area contributed by atoms with Gasteiger partial charge in [-0.15, -0.1) is 0 Å². The average molecular weight is 370 g/mol. The summed E-state index contributed by atoms with van der Waals surface area (Å²) in [6, 6.07) is 6.65. The molecule has 21 heavy (non-hydrogen) atoms. The zero-order valence-electron chi connectivity index (χ0n) is 12.1. The molecular weight excluding hydrogens is 352 g/mol. The van der Waals surface area contributed by atoms with Crippen molar-refractivity contribution in [2.24, 2.45) is 5.41 Å². The number of esters is 1. The molecule has 1 N–H and O–H groups in total. The zero-order chi connectivity index (χ0) is 16.1. The first-order chi connectivity index (χ1) is 9.57. The third-order valence-corrected chi connectivity index (χ3v) is 4.52. The van der Waals surface area contributed by atoms with Crippen molar-refractivity contribution in [3.8, 4) is 5.75 Å². The van der Waals surface area contributed by atoms with Crippen LogP contribution in [0.1, 0.15) is 20.8 Å². The van der Waals surface area contributed by atoms with Crippen LogP contribution in [0.3, 0.4) is 0 Å². The van der Waals surface area contributed by atoms with Gasteiger partial charge in [-0.05, 0) is 52.7 Å². The maximum atomic E-state index is 11.6. The van der Waals surface area contributed by atoms with Crippen LogP contribution in [-0.4, -0.2) is 19.1 Å². The van der Waals surface area contributed by atoms with Crippen molar-refractivity contribution < 1.29 is 14.1 Å². The lowest BCUT2D eigenvalue weighted by atomic mass is 9.99. The number of halogens is 2. The highest BCUT2D eigenvalue weighted by Gasteiger charge is 2.19. The predicted octanol–water partition coefficient (Wildman–Crippen LogP) is 4.36. The lowest BCUT2D eigenvalue weighted by Crippen LogP contribution is -2.26. The smallest absolute Gasteiger partial charge is 0.320 e. The number of hydrogen-bond acceptors (Lipinski definition) is 4. The lowest BCUT2D eigenvalue weighted by molar-refractivity contribution is -0.144. The summed E-state index contributed by atoms with van der Waals surface area (Å²) >= 11 is 17.0. The molecule has 1 atom stereocenters. The molecule has 0 amide bonds. The van der Waals surface area contributed by atoms with Crippen LogP contribution < -0.4 is 9.61 Å². The number of ether oxygens (including phenoxy) is 1. The van der Waals surface area contributed by atoms with E-state index in [1.54, 1.807) is 24.3 Å². The fraction of sp³-hybridized carbons (Fsp3) is 0.462. The van der Waals surface area contributed by atoms with E-state index in [0.717, 1.165) is 0 Å². The Labute approximate surface area is 140 Å². The Morgan fingerprint density at radius 1 is 1.33 bits per heavy atom. The maximum absolute atomic E-state index is 11.6. The first-order valence-electron chi connectivity index (χ1n) is 6.23. The van der Waals surface area contributed by atoms with E-state index in [-0.39, 0.29) is 12.0 Å². The van der Waals surface area contributed by atoms with Gasteiger partial charge < -0.3 is 9.26 Å². The summed E-state index contributed by atoms with van der Waals surface area (Å²) < 4.78 is 10.6. The minimum Gasteiger partial charge on any atom is -0.464 e. The quantitative estimate of drug-likeness (QED) is 0.596. The number of carbonyl (C=O) groups excluding carboxylic acids is 1. The Kier molecular flexibility index (Phi) is 6.95. The summed E-state index contributed by atoms with van der Waals surface area (Å²) in [5, 5.41) is 3.31. The van der Waals surface area contributed by atoms with Crippen LogP contribution in [0.2, 0.25) is 5.02 Å². The number of hydrogen-bond donors (Lipinski definition) is 1. The summed E-state index contributed by atoms with van der Waals surface area (Å²) in [5.41, 5.74) is -0.0867. The first kappa shape index (κ1) is 18.7. The molecule has 1 aromatic rings. The third kappa shape index (κ3) is 8.64. The van der Waals surface area contributed by atoms with E-state index in [1.165, 1.54) is 0 Å². The monoisotopic (exact) mass is 369 g/mol. The molecule has 0 saturated carbocycles. The molecule has 0 aliphatic heterocycles. The van der Waals surface area contributed by atoms with E-state index in [4.69, 9.17) is 43.9 Å². The molecule has 0 fully saturated rings. The second kappa shape index (κ2) is 7.80. The summed E-state index contributed by atoms with van der Waals surface area (Å²) in [6.45, 7) is 6.16. The molecule has 4 nitrogen and oxygen atoms in total. The Morgan fingerprint density at radius 3 is 2.43 bits per heavy atom. The van der Waals surface area contributed by atoms with Gasteiger partial charge in [0.05, 0.1) is 6.61 Å². The molecule has 1 unspecified atom stereocenters. The van der Waals surface area contributed by atoms with Crippen LogP contribution in [0.4, 0.5) is 0 Å². The van der Waals surface area contributed by atoms with Crippen LogP contribution in [0.15, 0.2) is 24.3 Å². The molecule has 1 aromatic carbocycles. The summed E-state index contributed by atoms with van der Waals surface area (Å²) in [4.78, 5) is 11.6. The van der Waals surface area contributed by atoms with E-state index in [9.17, 15) is 4.79 Å². The average Bonchev–Trinajstić information content (AvgIpc) is 2.36.